The van der Waals surface area contributed by atoms with Crippen molar-refractivity contribution in [3.8, 4) is 11.1 Å². The average Bonchev–Trinajstić information content (AvgIpc) is 3.63. The molecule has 0 aliphatic carbocycles. The van der Waals surface area contributed by atoms with Crippen molar-refractivity contribution in [3.63, 3.8) is 0 Å². The topological polar surface area (TPSA) is 3.24 Å². The van der Waals surface area contributed by atoms with Crippen molar-refractivity contribution < 1.29 is 0 Å². The van der Waals surface area contributed by atoms with E-state index in [-0.39, 0.29) is 0 Å². The second-order valence-corrected chi connectivity index (χ2v) is 13.1. The molecule has 2 heterocycles. The lowest BCUT2D eigenvalue weighted by Crippen LogP contribution is -2.10. The fourth-order valence-electron chi connectivity index (χ4n) is 6.36. The molecule has 0 amide bonds. The van der Waals surface area contributed by atoms with E-state index in [1.165, 1.54) is 67.9 Å². The van der Waals surface area contributed by atoms with Crippen molar-refractivity contribution in [3.05, 3.63) is 152 Å². The highest BCUT2D eigenvalue weighted by Crippen LogP contribution is 2.46. The van der Waals surface area contributed by atoms with Crippen LogP contribution < -0.4 is 4.90 Å². The highest BCUT2D eigenvalue weighted by atomic mass is 32.1. The van der Waals surface area contributed by atoms with Gasteiger partial charge in [-0.2, -0.15) is 0 Å². The quantitative estimate of drug-likeness (QED) is 0.199. The molecule has 0 bridgehead atoms. The molecule has 0 aliphatic rings. The molecule has 0 radical (unpaired) electrons. The van der Waals surface area contributed by atoms with Crippen molar-refractivity contribution >= 4 is 90.9 Å². The maximum Gasteiger partial charge on any atom is 0.0640 e. The summed E-state index contributed by atoms with van der Waals surface area (Å²) in [7, 11) is 0. The number of rotatable bonds is 4. The monoisotopic (exact) mass is 583 g/mol. The normalized spacial score (nSPS) is 11.7. The van der Waals surface area contributed by atoms with Gasteiger partial charge in [-0.1, -0.05) is 97.1 Å². The van der Waals surface area contributed by atoms with Crippen LogP contribution in [0.15, 0.2) is 152 Å². The van der Waals surface area contributed by atoms with E-state index in [1.54, 1.807) is 0 Å². The molecule has 9 rings (SSSR count). The lowest BCUT2D eigenvalue weighted by Gasteiger charge is -2.26. The minimum Gasteiger partial charge on any atom is -0.309 e. The summed E-state index contributed by atoms with van der Waals surface area (Å²) in [6.07, 6.45) is 0. The first-order chi connectivity index (χ1) is 21.3. The first kappa shape index (κ1) is 24.6. The number of fused-ring (bicyclic) bond motifs is 7. The minimum absolute atomic E-state index is 1.15. The van der Waals surface area contributed by atoms with Crippen LogP contribution in [0.2, 0.25) is 0 Å². The first-order valence-corrected chi connectivity index (χ1v) is 16.1. The average molecular weight is 584 g/mol. The lowest BCUT2D eigenvalue weighted by molar-refractivity contribution is 1.31. The number of anilines is 3. The van der Waals surface area contributed by atoms with Gasteiger partial charge in [0.05, 0.1) is 10.4 Å². The largest absolute Gasteiger partial charge is 0.309 e. The maximum atomic E-state index is 2.43. The number of hydrogen-bond acceptors (Lipinski definition) is 3. The van der Waals surface area contributed by atoms with E-state index in [1.807, 2.05) is 22.7 Å². The summed E-state index contributed by atoms with van der Waals surface area (Å²) in [4.78, 5) is 2.43. The Bertz CT molecular complexity index is 2450. The molecule has 0 saturated heterocycles. The Labute approximate surface area is 257 Å². The van der Waals surface area contributed by atoms with Crippen LogP contribution in [0.25, 0.3) is 62.2 Å². The Hall–Kier alpha value is -4.96. The summed E-state index contributed by atoms with van der Waals surface area (Å²) in [5, 5.41) is 7.81. The summed E-state index contributed by atoms with van der Waals surface area (Å²) < 4.78 is 5.28. The van der Waals surface area contributed by atoms with Crippen LogP contribution in [0.5, 0.6) is 0 Å². The van der Waals surface area contributed by atoms with Gasteiger partial charge in [0, 0.05) is 47.0 Å². The molecule has 0 atom stereocenters. The number of benzene rings is 7. The summed E-state index contributed by atoms with van der Waals surface area (Å²) in [6, 6.07) is 55.4. The van der Waals surface area contributed by atoms with Crippen molar-refractivity contribution in [2.24, 2.45) is 0 Å². The van der Waals surface area contributed by atoms with Gasteiger partial charge in [0.15, 0.2) is 0 Å². The summed E-state index contributed by atoms with van der Waals surface area (Å²) in [5.41, 5.74) is 5.95. The van der Waals surface area contributed by atoms with Crippen molar-refractivity contribution in [2.45, 2.75) is 0 Å². The Morgan fingerprint density at radius 1 is 0.372 bits per heavy atom. The molecule has 3 heteroatoms. The third-order valence-electron chi connectivity index (χ3n) is 8.43. The van der Waals surface area contributed by atoms with Gasteiger partial charge < -0.3 is 4.90 Å². The zero-order valence-corrected chi connectivity index (χ0v) is 24.8. The fraction of sp³-hybridized carbons (Fsp3) is 0. The van der Waals surface area contributed by atoms with Crippen molar-refractivity contribution in [2.75, 3.05) is 4.90 Å². The molecule has 9 aromatic rings. The number of hydrogen-bond donors (Lipinski definition) is 0. The molecule has 7 aromatic carbocycles. The molecular formula is C40H25NS2. The highest BCUT2D eigenvalue weighted by molar-refractivity contribution is 7.26. The van der Waals surface area contributed by atoms with Crippen LogP contribution in [-0.2, 0) is 0 Å². The third-order valence-corrected chi connectivity index (χ3v) is 10.8. The molecule has 2 aromatic heterocycles. The molecular weight excluding hydrogens is 559 g/mol. The van der Waals surface area contributed by atoms with Crippen molar-refractivity contribution in [1.29, 1.82) is 0 Å². The molecule has 0 N–H and O–H groups in total. The van der Waals surface area contributed by atoms with E-state index in [2.05, 4.69) is 157 Å². The molecule has 202 valence electrons. The molecule has 0 saturated carbocycles. The summed E-state index contributed by atoms with van der Waals surface area (Å²) in [5.74, 6) is 0. The maximum absolute atomic E-state index is 2.43. The van der Waals surface area contributed by atoms with Crippen molar-refractivity contribution in [1.82, 2.24) is 0 Å². The number of thiophene rings is 2. The first-order valence-electron chi connectivity index (χ1n) is 14.5. The van der Waals surface area contributed by atoms with Gasteiger partial charge in [-0.15, -0.1) is 22.7 Å². The molecule has 0 fully saturated rings. The third kappa shape index (κ3) is 4.04. The van der Waals surface area contributed by atoms with Crippen LogP contribution in [0.1, 0.15) is 0 Å². The van der Waals surface area contributed by atoms with Gasteiger partial charge >= 0.3 is 0 Å². The molecule has 1 nitrogen and oxygen atoms in total. The fourth-order valence-corrected chi connectivity index (χ4v) is 8.71. The SMILES string of the molecule is c1ccc(-c2ccc(N(c3ccc4cc5c(cc4c3)sc3ccccc35)c3cccc4c3sc3ccccc34)cc2)cc1. The van der Waals surface area contributed by atoms with Gasteiger partial charge in [-0.25, -0.2) is 0 Å². The Kier molecular flexibility index (Phi) is 5.62. The number of nitrogens with zero attached hydrogens (tertiary/aromatic N) is 1. The molecule has 0 spiro atoms. The van der Waals surface area contributed by atoms with E-state index in [4.69, 9.17) is 0 Å². The van der Waals surface area contributed by atoms with Crippen LogP contribution in [-0.4, -0.2) is 0 Å². The Morgan fingerprint density at radius 3 is 1.84 bits per heavy atom. The highest BCUT2D eigenvalue weighted by Gasteiger charge is 2.19. The van der Waals surface area contributed by atoms with Gasteiger partial charge in [0.25, 0.3) is 0 Å². The summed E-state index contributed by atoms with van der Waals surface area (Å²) in [6.45, 7) is 0. The second-order valence-electron chi connectivity index (χ2n) is 11.0. The second kappa shape index (κ2) is 9.81. The smallest absolute Gasteiger partial charge is 0.0640 e. The standard InChI is InChI=1S/C40H25NS2/c1-2-9-26(10-3-1)27-17-20-30(21-18-27)41(36-14-8-13-34-32-11-4-7-16-38(32)43-40(34)36)31-22-19-28-24-35-33-12-5-6-15-37(33)42-39(35)25-29(28)23-31/h1-25H. The molecule has 43 heavy (non-hydrogen) atoms. The van der Waals surface area contributed by atoms with Crippen LogP contribution in [0.3, 0.4) is 0 Å². The van der Waals surface area contributed by atoms with Crippen LogP contribution in [0, 0.1) is 0 Å². The van der Waals surface area contributed by atoms with Gasteiger partial charge in [0.1, 0.15) is 0 Å². The van der Waals surface area contributed by atoms with E-state index in [0.717, 1.165) is 11.4 Å². The van der Waals surface area contributed by atoms with Crippen LogP contribution >= 0.6 is 22.7 Å². The Balaban J connectivity index is 1.26. The predicted molar refractivity (Wildman–Crippen MR) is 190 cm³/mol. The van der Waals surface area contributed by atoms with E-state index in [0.29, 0.717) is 0 Å². The molecule has 0 unspecified atom stereocenters. The lowest BCUT2D eigenvalue weighted by atomic mass is 10.0. The zero-order chi connectivity index (χ0) is 28.3. The van der Waals surface area contributed by atoms with Crippen LogP contribution in [0.4, 0.5) is 17.1 Å². The van der Waals surface area contributed by atoms with Gasteiger partial charge in [-0.3, -0.25) is 0 Å². The molecule has 0 aliphatic heterocycles. The van der Waals surface area contributed by atoms with E-state index >= 15 is 0 Å². The van der Waals surface area contributed by atoms with Gasteiger partial charge in [0.2, 0.25) is 0 Å². The Morgan fingerprint density at radius 2 is 1.02 bits per heavy atom. The predicted octanol–water partition coefficient (Wildman–Crippen LogP) is 12.7. The van der Waals surface area contributed by atoms with E-state index < -0.39 is 0 Å². The summed E-state index contributed by atoms with van der Waals surface area (Å²) >= 11 is 3.75. The van der Waals surface area contributed by atoms with E-state index in [9.17, 15) is 0 Å². The minimum atomic E-state index is 1.15. The zero-order valence-electron chi connectivity index (χ0n) is 23.2. The van der Waals surface area contributed by atoms with Gasteiger partial charge in [-0.05, 0) is 76.5 Å².